The maximum absolute atomic E-state index is 11.7. The minimum atomic E-state index is -0.0684. The van der Waals surface area contributed by atoms with Crippen LogP contribution in [0.25, 0.3) is 0 Å². The molecule has 1 aliphatic carbocycles. The van der Waals surface area contributed by atoms with Crippen LogP contribution in [0, 0.1) is 18.3 Å². The maximum Gasteiger partial charge on any atom is 0.221 e. The monoisotopic (exact) mass is 221 g/mol. The number of hydrogen-bond donors (Lipinski definition) is 1. The number of amides is 1. The van der Waals surface area contributed by atoms with Crippen LogP contribution in [0.4, 0.5) is 0 Å². The van der Waals surface area contributed by atoms with Gasteiger partial charge >= 0.3 is 0 Å². The molecule has 0 saturated heterocycles. The van der Waals surface area contributed by atoms with E-state index in [1.54, 1.807) is 0 Å². The Balaban J connectivity index is 2.26. The molecule has 0 aromatic rings. The molecule has 0 bridgehead atoms. The van der Waals surface area contributed by atoms with Gasteiger partial charge in [0.1, 0.15) is 0 Å². The Hall–Kier alpha value is -0.970. The van der Waals surface area contributed by atoms with Crippen LogP contribution < -0.4 is 5.32 Å². The fourth-order valence-corrected chi connectivity index (χ4v) is 2.39. The molecule has 16 heavy (non-hydrogen) atoms. The molecule has 1 rings (SSSR count). The van der Waals surface area contributed by atoms with E-state index in [1.807, 2.05) is 0 Å². The molecule has 0 spiro atoms. The molecule has 1 N–H and O–H groups in total. The van der Waals surface area contributed by atoms with Crippen LogP contribution in [0.1, 0.15) is 58.3 Å². The van der Waals surface area contributed by atoms with Gasteiger partial charge in [-0.3, -0.25) is 4.79 Å². The van der Waals surface area contributed by atoms with Crippen molar-refractivity contribution in [1.82, 2.24) is 5.32 Å². The third-order valence-electron chi connectivity index (χ3n) is 3.31. The standard InChI is InChI=1S/C14H23NO/c1-3-8-13(4-2)15-14(16)11-12-9-6-5-7-10-12/h2,12-13H,3,5-11H2,1H3,(H,15,16). The third kappa shape index (κ3) is 4.70. The summed E-state index contributed by atoms with van der Waals surface area (Å²) in [5.74, 6) is 3.37. The fraction of sp³-hybridized carbons (Fsp3) is 0.786. The van der Waals surface area contributed by atoms with E-state index >= 15 is 0 Å². The average Bonchev–Trinajstić information content (AvgIpc) is 2.29. The first-order valence-electron chi connectivity index (χ1n) is 6.51. The van der Waals surface area contributed by atoms with Crippen LogP contribution in [-0.2, 0) is 4.79 Å². The lowest BCUT2D eigenvalue weighted by atomic mass is 9.87. The molecule has 1 amide bonds. The second-order valence-electron chi connectivity index (χ2n) is 4.78. The van der Waals surface area contributed by atoms with E-state index in [1.165, 1.54) is 32.1 Å². The van der Waals surface area contributed by atoms with E-state index in [4.69, 9.17) is 6.42 Å². The molecule has 0 heterocycles. The fourth-order valence-electron chi connectivity index (χ4n) is 2.39. The summed E-state index contributed by atoms with van der Waals surface area (Å²) in [4.78, 5) is 11.7. The summed E-state index contributed by atoms with van der Waals surface area (Å²) in [6.45, 7) is 2.08. The van der Waals surface area contributed by atoms with Crippen molar-refractivity contribution in [2.45, 2.75) is 64.3 Å². The normalized spacial score (nSPS) is 18.8. The molecule has 0 aliphatic heterocycles. The minimum Gasteiger partial charge on any atom is -0.342 e. The van der Waals surface area contributed by atoms with Crippen LogP contribution in [0.3, 0.4) is 0 Å². The second-order valence-corrected chi connectivity index (χ2v) is 4.78. The largest absolute Gasteiger partial charge is 0.342 e. The molecule has 1 saturated carbocycles. The van der Waals surface area contributed by atoms with Gasteiger partial charge in [-0.05, 0) is 25.2 Å². The Morgan fingerprint density at radius 3 is 2.69 bits per heavy atom. The second kappa shape index (κ2) is 7.33. The summed E-state index contributed by atoms with van der Waals surface area (Å²) >= 11 is 0. The zero-order valence-corrected chi connectivity index (χ0v) is 10.3. The summed E-state index contributed by atoms with van der Waals surface area (Å²) < 4.78 is 0. The Bertz CT molecular complexity index is 248. The van der Waals surface area contributed by atoms with E-state index in [0.29, 0.717) is 12.3 Å². The molecule has 1 atom stereocenters. The summed E-state index contributed by atoms with van der Waals surface area (Å²) in [7, 11) is 0. The van der Waals surface area contributed by atoms with Gasteiger partial charge in [-0.1, -0.05) is 38.5 Å². The molecule has 0 aromatic heterocycles. The smallest absolute Gasteiger partial charge is 0.221 e. The molecular formula is C14H23NO. The van der Waals surface area contributed by atoms with Crippen molar-refractivity contribution in [3.63, 3.8) is 0 Å². The van der Waals surface area contributed by atoms with Crippen molar-refractivity contribution in [1.29, 1.82) is 0 Å². The van der Waals surface area contributed by atoms with Gasteiger partial charge in [0, 0.05) is 6.42 Å². The molecule has 1 fully saturated rings. The van der Waals surface area contributed by atoms with Crippen molar-refractivity contribution < 1.29 is 4.79 Å². The average molecular weight is 221 g/mol. The molecule has 2 nitrogen and oxygen atoms in total. The van der Waals surface area contributed by atoms with E-state index in [0.717, 1.165) is 12.8 Å². The topological polar surface area (TPSA) is 29.1 Å². The number of nitrogens with one attached hydrogen (secondary N) is 1. The van der Waals surface area contributed by atoms with Crippen molar-refractivity contribution in [2.24, 2.45) is 5.92 Å². The first-order valence-corrected chi connectivity index (χ1v) is 6.51. The SMILES string of the molecule is C#CC(CCC)NC(=O)CC1CCCCC1. The predicted molar refractivity (Wildman–Crippen MR) is 66.9 cm³/mol. The van der Waals surface area contributed by atoms with Crippen LogP contribution in [-0.4, -0.2) is 11.9 Å². The quantitative estimate of drug-likeness (QED) is 0.711. The van der Waals surface area contributed by atoms with Crippen molar-refractivity contribution >= 4 is 5.91 Å². The van der Waals surface area contributed by atoms with Crippen LogP contribution in [0.15, 0.2) is 0 Å². The number of carbonyl (C=O) groups excluding carboxylic acids is 1. The summed E-state index contributed by atoms with van der Waals surface area (Å²) in [6, 6.07) is -0.0684. The number of carbonyl (C=O) groups is 1. The van der Waals surface area contributed by atoms with E-state index in [-0.39, 0.29) is 11.9 Å². The first-order chi connectivity index (χ1) is 7.76. The third-order valence-corrected chi connectivity index (χ3v) is 3.31. The van der Waals surface area contributed by atoms with Gasteiger partial charge in [0.05, 0.1) is 6.04 Å². The van der Waals surface area contributed by atoms with Gasteiger partial charge in [0.2, 0.25) is 5.91 Å². The Morgan fingerprint density at radius 2 is 2.12 bits per heavy atom. The zero-order chi connectivity index (χ0) is 11.8. The van der Waals surface area contributed by atoms with E-state index in [9.17, 15) is 4.79 Å². The van der Waals surface area contributed by atoms with Gasteiger partial charge in [-0.15, -0.1) is 6.42 Å². The molecule has 1 aliphatic rings. The van der Waals surface area contributed by atoms with Gasteiger partial charge in [-0.25, -0.2) is 0 Å². The van der Waals surface area contributed by atoms with E-state index < -0.39 is 0 Å². The maximum atomic E-state index is 11.7. The molecule has 90 valence electrons. The summed E-state index contributed by atoms with van der Waals surface area (Å²) in [5.41, 5.74) is 0. The van der Waals surface area contributed by atoms with Gasteiger partial charge < -0.3 is 5.32 Å². The molecule has 0 aromatic carbocycles. The van der Waals surface area contributed by atoms with Crippen LogP contribution in [0.5, 0.6) is 0 Å². The molecule has 1 unspecified atom stereocenters. The highest BCUT2D eigenvalue weighted by molar-refractivity contribution is 5.76. The highest BCUT2D eigenvalue weighted by atomic mass is 16.1. The van der Waals surface area contributed by atoms with E-state index in [2.05, 4.69) is 18.2 Å². The lowest BCUT2D eigenvalue weighted by Gasteiger charge is -2.21. The van der Waals surface area contributed by atoms with Crippen LogP contribution in [0.2, 0.25) is 0 Å². The van der Waals surface area contributed by atoms with Crippen molar-refractivity contribution in [3.8, 4) is 12.3 Å². The minimum absolute atomic E-state index is 0.0684. The molecule has 2 heteroatoms. The number of rotatable bonds is 5. The number of terminal acetylenes is 1. The summed E-state index contributed by atoms with van der Waals surface area (Å²) in [6.07, 6.45) is 14.3. The van der Waals surface area contributed by atoms with Gasteiger partial charge in [-0.2, -0.15) is 0 Å². The van der Waals surface area contributed by atoms with Crippen molar-refractivity contribution in [2.75, 3.05) is 0 Å². The highest BCUT2D eigenvalue weighted by Gasteiger charge is 2.18. The summed E-state index contributed by atoms with van der Waals surface area (Å²) in [5, 5.41) is 2.94. The van der Waals surface area contributed by atoms with Gasteiger partial charge in [0.15, 0.2) is 0 Å². The lowest BCUT2D eigenvalue weighted by molar-refractivity contribution is -0.122. The predicted octanol–water partition coefficient (Wildman–Crippen LogP) is 2.87. The first kappa shape index (κ1) is 13.1. The lowest BCUT2D eigenvalue weighted by Crippen LogP contribution is -2.34. The van der Waals surface area contributed by atoms with Gasteiger partial charge in [0.25, 0.3) is 0 Å². The molecule has 0 radical (unpaired) electrons. The number of hydrogen-bond acceptors (Lipinski definition) is 1. The highest BCUT2D eigenvalue weighted by Crippen LogP contribution is 2.26. The Morgan fingerprint density at radius 1 is 1.44 bits per heavy atom. The Kier molecular flexibility index (Phi) is 6.00. The van der Waals surface area contributed by atoms with Crippen LogP contribution >= 0.6 is 0 Å². The Labute approximate surface area is 99.2 Å². The zero-order valence-electron chi connectivity index (χ0n) is 10.3. The van der Waals surface area contributed by atoms with Crippen molar-refractivity contribution in [3.05, 3.63) is 0 Å². The molecular weight excluding hydrogens is 198 g/mol.